The van der Waals surface area contributed by atoms with Gasteiger partial charge in [-0.15, -0.1) is 0 Å². The minimum absolute atomic E-state index is 0.135. The quantitative estimate of drug-likeness (QED) is 0.786. The summed E-state index contributed by atoms with van der Waals surface area (Å²) >= 11 is 0. The van der Waals surface area contributed by atoms with Crippen LogP contribution in [0.4, 0.5) is 0 Å². The average molecular weight is 341 g/mol. The van der Waals surface area contributed by atoms with Gasteiger partial charge in [-0.05, 0) is 44.0 Å². The van der Waals surface area contributed by atoms with Gasteiger partial charge in [-0.3, -0.25) is 14.5 Å². The molecule has 3 rings (SSSR count). The van der Waals surface area contributed by atoms with Gasteiger partial charge in [0.25, 0.3) is 11.8 Å². The van der Waals surface area contributed by atoms with Crippen LogP contribution in [0.3, 0.4) is 0 Å². The Hall–Kier alpha value is -2.14. The third kappa shape index (κ3) is 3.21. The second kappa shape index (κ2) is 7.00. The van der Waals surface area contributed by atoms with Crippen LogP contribution in [0.5, 0.6) is 0 Å². The molecule has 25 heavy (non-hydrogen) atoms. The summed E-state index contributed by atoms with van der Waals surface area (Å²) < 4.78 is 0. The maximum absolute atomic E-state index is 13.0. The summed E-state index contributed by atoms with van der Waals surface area (Å²) in [5.74, 6) is -0.284. The third-order valence-corrected chi connectivity index (χ3v) is 5.21. The van der Waals surface area contributed by atoms with Crippen LogP contribution in [0.25, 0.3) is 5.57 Å². The summed E-state index contributed by atoms with van der Waals surface area (Å²) in [6.45, 7) is 9.92. The van der Waals surface area contributed by atoms with Crippen LogP contribution in [-0.4, -0.2) is 66.3 Å². The van der Waals surface area contributed by atoms with Crippen LogP contribution in [-0.2, 0) is 9.59 Å². The molecule has 1 aromatic carbocycles. The first kappa shape index (κ1) is 17.7. The highest BCUT2D eigenvalue weighted by molar-refractivity contribution is 6.35. The van der Waals surface area contributed by atoms with E-state index in [9.17, 15) is 9.59 Å². The molecule has 134 valence electrons. The van der Waals surface area contributed by atoms with Crippen molar-refractivity contribution in [3.05, 3.63) is 40.6 Å². The molecule has 0 atom stereocenters. The number of hydrogen-bond donors (Lipinski definition) is 0. The van der Waals surface area contributed by atoms with Crippen molar-refractivity contribution < 1.29 is 9.59 Å². The van der Waals surface area contributed by atoms with Crippen LogP contribution in [0, 0.1) is 13.8 Å². The zero-order valence-electron chi connectivity index (χ0n) is 15.6. The first-order valence-electron chi connectivity index (χ1n) is 9.05. The average Bonchev–Trinajstić information content (AvgIpc) is 2.83. The van der Waals surface area contributed by atoms with Gasteiger partial charge in [0.1, 0.15) is 5.70 Å². The monoisotopic (exact) mass is 341 g/mol. The van der Waals surface area contributed by atoms with E-state index in [1.807, 2.05) is 32.0 Å². The lowest BCUT2D eigenvalue weighted by molar-refractivity contribution is -0.137. The molecule has 0 aliphatic carbocycles. The summed E-state index contributed by atoms with van der Waals surface area (Å²) in [4.78, 5) is 31.8. The Morgan fingerprint density at radius 1 is 0.960 bits per heavy atom. The fourth-order valence-electron chi connectivity index (χ4n) is 3.47. The van der Waals surface area contributed by atoms with Crippen LogP contribution in [0.1, 0.15) is 30.0 Å². The summed E-state index contributed by atoms with van der Waals surface area (Å²) in [6, 6.07) is 6.02. The number of imide groups is 1. The molecule has 2 heterocycles. The second-order valence-corrected chi connectivity index (χ2v) is 7.07. The molecule has 5 nitrogen and oxygen atoms in total. The highest BCUT2D eigenvalue weighted by Gasteiger charge is 2.41. The third-order valence-electron chi connectivity index (χ3n) is 5.21. The van der Waals surface area contributed by atoms with E-state index >= 15 is 0 Å². The van der Waals surface area contributed by atoms with E-state index in [2.05, 4.69) is 23.8 Å². The van der Waals surface area contributed by atoms with Crippen LogP contribution < -0.4 is 0 Å². The molecule has 0 radical (unpaired) electrons. The fraction of sp³-hybridized carbons (Fsp3) is 0.500. The Kier molecular flexibility index (Phi) is 4.95. The van der Waals surface area contributed by atoms with Gasteiger partial charge in [-0.1, -0.05) is 25.1 Å². The smallest absolute Gasteiger partial charge is 0.277 e. The largest absolute Gasteiger partial charge is 0.364 e. The maximum Gasteiger partial charge on any atom is 0.277 e. The number of amides is 2. The van der Waals surface area contributed by atoms with Crippen LogP contribution in [0.15, 0.2) is 23.9 Å². The zero-order valence-corrected chi connectivity index (χ0v) is 15.6. The lowest BCUT2D eigenvalue weighted by Crippen LogP contribution is -2.46. The molecule has 0 unspecified atom stereocenters. The van der Waals surface area contributed by atoms with E-state index in [-0.39, 0.29) is 11.8 Å². The summed E-state index contributed by atoms with van der Waals surface area (Å²) in [6.07, 6.45) is 0.772. The molecular weight excluding hydrogens is 314 g/mol. The molecule has 0 N–H and O–H groups in total. The number of carbonyl (C=O) groups is 2. The van der Waals surface area contributed by atoms with Gasteiger partial charge in [0.2, 0.25) is 0 Å². The number of likely N-dealkylation sites (N-methyl/N-ethyl adjacent to an activating group) is 1. The SMILES string of the molecule is CCCN1C(=O)C(c2ccc(C)c(C)c2)=C(N2CCN(C)CC2)C1=O. The van der Waals surface area contributed by atoms with Gasteiger partial charge in [0.15, 0.2) is 0 Å². The van der Waals surface area contributed by atoms with Gasteiger partial charge in [0, 0.05) is 32.7 Å². The predicted octanol–water partition coefficient (Wildman–Crippen LogP) is 2.04. The topological polar surface area (TPSA) is 43.9 Å². The van der Waals surface area contributed by atoms with E-state index in [1.54, 1.807) is 0 Å². The standard InChI is InChI=1S/C20H27N3O2/c1-5-8-23-19(24)17(16-7-6-14(2)15(3)13-16)18(20(23)25)22-11-9-21(4)10-12-22/h6-7,13H,5,8-12H2,1-4H3. The molecule has 0 spiro atoms. The number of hydrogen-bond acceptors (Lipinski definition) is 4. The van der Waals surface area contributed by atoms with Crippen LogP contribution in [0.2, 0.25) is 0 Å². The number of rotatable bonds is 4. The van der Waals surface area contributed by atoms with Gasteiger partial charge < -0.3 is 9.80 Å². The lowest BCUT2D eigenvalue weighted by atomic mass is 9.99. The van der Waals surface area contributed by atoms with Crippen molar-refractivity contribution in [2.45, 2.75) is 27.2 Å². The van der Waals surface area contributed by atoms with Crippen LogP contribution >= 0.6 is 0 Å². The minimum atomic E-state index is -0.149. The molecule has 0 bridgehead atoms. The highest BCUT2D eigenvalue weighted by Crippen LogP contribution is 2.33. The van der Waals surface area contributed by atoms with E-state index < -0.39 is 0 Å². The molecule has 1 aromatic rings. The normalized spacial score (nSPS) is 19.4. The van der Waals surface area contributed by atoms with Crippen molar-refractivity contribution in [3.63, 3.8) is 0 Å². The second-order valence-electron chi connectivity index (χ2n) is 7.07. The van der Waals surface area contributed by atoms with E-state index in [0.717, 1.165) is 43.7 Å². The maximum atomic E-state index is 13.0. The number of nitrogens with zero attached hydrogens (tertiary/aromatic N) is 3. The van der Waals surface area contributed by atoms with Crippen molar-refractivity contribution in [2.75, 3.05) is 39.8 Å². The van der Waals surface area contributed by atoms with Gasteiger partial charge >= 0.3 is 0 Å². The van der Waals surface area contributed by atoms with Gasteiger partial charge in [-0.25, -0.2) is 0 Å². The Balaban J connectivity index is 2.07. The first-order chi connectivity index (χ1) is 11.9. The Labute approximate surface area is 149 Å². The zero-order chi connectivity index (χ0) is 18.1. The van der Waals surface area contributed by atoms with E-state index in [1.165, 1.54) is 10.5 Å². The Morgan fingerprint density at radius 2 is 1.64 bits per heavy atom. The van der Waals surface area contributed by atoms with Crippen molar-refractivity contribution >= 4 is 17.4 Å². The number of benzene rings is 1. The molecule has 5 heteroatoms. The number of aryl methyl sites for hydroxylation is 2. The first-order valence-corrected chi connectivity index (χ1v) is 9.05. The number of piperazine rings is 1. The van der Waals surface area contributed by atoms with Crippen molar-refractivity contribution in [1.29, 1.82) is 0 Å². The summed E-state index contributed by atoms with van der Waals surface area (Å²) in [5.41, 5.74) is 4.35. The van der Waals surface area contributed by atoms with Crippen molar-refractivity contribution in [3.8, 4) is 0 Å². The predicted molar refractivity (Wildman–Crippen MR) is 98.9 cm³/mol. The molecule has 0 aromatic heterocycles. The fourth-order valence-corrected chi connectivity index (χ4v) is 3.47. The molecule has 2 aliphatic rings. The molecule has 1 fully saturated rings. The Morgan fingerprint density at radius 3 is 2.24 bits per heavy atom. The minimum Gasteiger partial charge on any atom is -0.364 e. The van der Waals surface area contributed by atoms with E-state index in [0.29, 0.717) is 17.8 Å². The van der Waals surface area contributed by atoms with Gasteiger partial charge in [0.05, 0.1) is 5.57 Å². The molecule has 0 saturated carbocycles. The van der Waals surface area contributed by atoms with Gasteiger partial charge in [-0.2, -0.15) is 0 Å². The van der Waals surface area contributed by atoms with E-state index in [4.69, 9.17) is 0 Å². The summed E-state index contributed by atoms with van der Waals surface area (Å²) in [5, 5.41) is 0. The molecule has 1 saturated heterocycles. The Bertz CT molecular complexity index is 730. The van der Waals surface area contributed by atoms with Crippen molar-refractivity contribution in [2.24, 2.45) is 0 Å². The number of carbonyl (C=O) groups excluding carboxylic acids is 2. The summed E-state index contributed by atoms with van der Waals surface area (Å²) in [7, 11) is 2.08. The molecule has 2 amide bonds. The lowest BCUT2D eigenvalue weighted by Gasteiger charge is -2.34. The molecular formula is C20H27N3O2. The molecule has 2 aliphatic heterocycles. The highest BCUT2D eigenvalue weighted by atomic mass is 16.2. The van der Waals surface area contributed by atoms with Crippen molar-refractivity contribution in [1.82, 2.24) is 14.7 Å².